The molecule has 1 saturated carbocycles. The van der Waals surface area contributed by atoms with Crippen molar-refractivity contribution in [3.8, 4) is 16.9 Å². The van der Waals surface area contributed by atoms with Gasteiger partial charge in [-0.1, -0.05) is 19.1 Å². The van der Waals surface area contributed by atoms with Crippen LogP contribution in [0.3, 0.4) is 0 Å². The summed E-state index contributed by atoms with van der Waals surface area (Å²) in [4.78, 5) is 22.2. The van der Waals surface area contributed by atoms with Gasteiger partial charge >= 0.3 is 0 Å². The molecule has 2 fully saturated rings. The van der Waals surface area contributed by atoms with Crippen LogP contribution in [0.5, 0.6) is 5.75 Å². The Bertz CT molecular complexity index is 1150. The smallest absolute Gasteiger partial charge is 0.248 e. The minimum atomic E-state index is -0.749. The summed E-state index contributed by atoms with van der Waals surface area (Å²) >= 11 is 0. The molecule has 170 valence electrons. The van der Waals surface area contributed by atoms with Crippen molar-refractivity contribution in [1.29, 1.82) is 0 Å². The Balaban J connectivity index is 1.19. The number of carbonyl (C=O) groups is 1. The van der Waals surface area contributed by atoms with Gasteiger partial charge in [0.15, 0.2) is 17.4 Å². The average Bonchev–Trinajstić information content (AvgIpc) is 3.26. The molecular formula is C25H24F2N4O2. The van der Waals surface area contributed by atoms with Crippen LogP contribution >= 0.6 is 0 Å². The molecule has 3 atom stereocenters. The Kier molecular flexibility index (Phi) is 5.44. The number of ether oxygens (including phenoxy) is 1. The Labute approximate surface area is 190 Å². The lowest BCUT2D eigenvalue weighted by molar-refractivity contribution is 0.100. The summed E-state index contributed by atoms with van der Waals surface area (Å²) in [6.07, 6.45) is 4.61. The highest BCUT2D eigenvalue weighted by Crippen LogP contribution is 2.52. The third-order valence-electron chi connectivity index (χ3n) is 6.68. The van der Waals surface area contributed by atoms with Crippen molar-refractivity contribution in [3.63, 3.8) is 0 Å². The van der Waals surface area contributed by atoms with Gasteiger partial charge in [0.05, 0.1) is 6.61 Å². The van der Waals surface area contributed by atoms with Crippen LogP contribution in [0.25, 0.3) is 11.1 Å². The first-order valence-corrected chi connectivity index (χ1v) is 11.0. The van der Waals surface area contributed by atoms with Crippen LogP contribution in [0.4, 0.5) is 14.7 Å². The van der Waals surface area contributed by atoms with Gasteiger partial charge in [0, 0.05) is 37.0 Å². The van der Waals surface area contributed by atoms with E-state index in [9.17, 15) is 13.6 Å². The highest BCUT2D eigenvalue weighted by atomic mass is 19.1. The molecule has 2 aromatic carbocycles. The number of primary amides is 1. The van der Waals surface area contributed by atoms with E-state index in [0.717, 1.165) is 31.0 Å². The second-order valence-corrected chi connectivity index (χ2v) is 8.66. The molecule has 1 unspecified atom stereocenters. The topological polar surface area (TPSA) is 81.3 Å². The molecule has 3 aromatic rings. The maximum Gasteiger partial charge on any atom is 0.248 e. The molecule has 0 bridgehead atoms. The first-order valence-electron chi connectivity index (χ1n) is 11.0. The molecule has 5 rings (SSSR count). The minimum Gasteiger partial charge on any atom is -0.487 e. The zero-order valence-electron chi connectivity index (χ0n) is 18.2. The predicted molar refractivity (Wildman–Crippen MR) is 120 cm³/mol. The number of rotatable bonds is 7. The molecule has 8 heteroatoms. The number of benzene rings is 2. The van der Waals surface area contributed by atoms with Crippen molar-refractivity contribution in [2.24, 2.45) is 23.5 Å². The van der Waals surface area contributed by atoms with E-state index in [-0.39, 0.29) is 18.3 Å². The highest BCUT2D eigenvalue weighted by molar-refractivity contribution is 5.93. The number of nitrogens with zero attached hydrogens (tertiary/aromatic N) is 3. The number of piperidine rings is 1. The number of amides is 1. The van der Waals surface area contributed by atoms with Gasteiger partial charge in [0.2, 0.25) is 11.9 Å². The standard InChI is InChI=1S/C25H24F2N4O2/c1-2-14-9-29-25(30-10-14)31-11-18-19(12-31)20(18)13-33-23-21(26)7-17(8-22(23)27)15-3-5-16(6-4-15)24(28)32/h3-10,18-20H,2,11-13H2,1H3,(H2,28,32)/t18-,19+,20?. The molecular weight excluding hydrogens is 426 g/mol. The number of anilines is 1. The molecule has 0 spiro atoms. The molecule has 2 N–H and O–H groups in total. The van der Waals surface area contributed by atoms with Crippen LogP contribution in [-0.2, 0) is 6.42 Å². The van der Waals surface area contributed by atoms with Crippen LogP contribution < -0.4 is 15.4 Å². The molecule has 1 saturated heterocycles. The van der Waals surface area contributed by atoms with Crippen LogP contribution in [0.1, 0.15) is 22.8 Å². The summed E-state index contributed by atoms with van der Waals surface area (Å²) in [6.45, 7) is 4.00. The predicted octanol–water partition coefficient (Wildman–Crippen LogP) is 3.84. The highest BCUT2D eigenvalue weighted by Gasteiger charge is 2.56. The lowest BCUT2D eigenvalue weighted by Gasteiger charge is -2.20. The third-order valence-corrected chi connectivity index (χ3v) is 6.68. The van der Waals surface area contributed by atoms with E-state index in [1.54, 1.807) is 12.1 Å². The van der Waals surface area contributed by atoms with Gasteiger partial charge in [-0.2, -0.15) is 0 Å². The van der Waals surface area contributed by atoms with Gasteiger partial charge in [-0.25, -0.2) is 18.7 Å². The van der Waals surface area contributed by atoms with Gasteiger partial charge in [0.1, 0.15) is 0 Å². The van der Waals surface area contributed by atoms with E-state index in [4.69, 9.17) is 10.5 Å². The fourth-order valence-corrected chi connectivity index (χ4v) is 4.62. The number of carbonyl (C=O) groups excluding carboxylic acids is 1. The van der Waals surface area contributed by atoms with Crippen molar-refractivity contribution in [2.45, 2.75) is 13.3 Å². The third kappa shape index (κ3) is 4.13. The van der Waals surface area contributed by atoms with E-state index in [2.05, 4.69) is 21.8 Å². The Morgan fingerprint density at radius 2 is 1.67 bits per heavy atom. The maximum atomic E-state index is 14.6. The summed E-state index contributed by atoms with van der Waals surface area (Å²) in [7, 11) is 0. The van der Waals surface area contributed by atoms with Gasteiger partial charge in [-0.15, -0.1) is 0 Å². The van der Waals surface area contributed by atoms with Crippen LogP contribution in [0.2, 0.25) is 0 Å². The monoisotopic (exact) mass is 450 g/mol. The van der Waals surface area contributed by atoms with E-state index >= 15 is 0 Å². The number of aryl methyl sites for hydroxylation is 1. The summed E-state index contributed by atoms with van der Waals surface area (Å²) in [5.74, 6) is -0.555. The Morgan fingerprint density at radius 1 is 1.06 bits per heavy atom. The number of fused-ring (bicyclic) bond motifs is 1. The Hall–Kier alpha value is -3.55. The fourth-order valence-electron chi connectivity index (χ4n) is 4.62. The quantitative estimate of drug-likeness (QED) is 0.592. The van der Waals surface area contributed by atoms with Crippen LogP contribution in [-0.4, -0.2) is 35.6 Å². The van der Waals surface area contributed by atoms with E-state index in [1.807, 2.05) is 12.4 Å². The number of nitrogens with two attached hydrogens (primary N) is 1. The number of hydrogen-bond donors (Lipinski definition) is 1. The average molecular weight is 450 g/mol. The fraction of sp³-hybridized carbons (Fsp3) is 0.320. The normalized spacial score (nSPS) is 21.1. The van der Waals surface area contributed by atoms with Gasteiger partial charge < -0.3 is 15.4 Å². The zero-order valence-corrected chi connectivity index (χ0v) is 18.2. The first kappa shape index (κ1) is 21.3. The van der Waals surface area contributed by atoms with E-state index in [0.29, 0.717) is 28.5 Å². The summed E-state index contributed by atoms with van der Waals surface area (Å²) in [5, 5.41) is 0. The van der Waals surface area contributed by atoms with Crippen molar-refractivity contribution in [3.05, 3.63) is 71.6 Å². The maximum absolute atomic E-state index is 14.6. The molecule has 6 nitrogen and oxygen atoms in total. The van der Waals surface area contributed by atoms with Crippen molar-refractivity contribution in [1.82, 2.24) is 9.97 Å². The van der Waals surface area contributed by atoms with E-state index < -0.39 is 17.5 Å². The van der Waals surface area contributed by atoms with Crippen LogP contribution in [0, 0.1) is 29.4 Å². The minimum absolute atomic E-state index is 0.274. The van der Waals surface area contributed by atoms with Crippen molar-refractivity contribution >= 4 is 11.9 Å². The molecule has 2 aliphatic rings. The molecule has 1 aliphatic carbocycles. The Morgan fingerprint density at radius 3 is 2.21 bits per heavy atom. The lowest BCUT2D eigenvalue weighted by atomic mass is 10.0. The van der Waals surface area contributed by atoms with Crippen molar-refractivity contribution in [2.75, 3.05) is 24.6 Å². The summed E-state index contributed by atoms with van der Waals surface area (Å²) in [6, 6.07) is 8.73. The zero-order chi connectivity index (χ0) is 23.1. The summed E-state index contributed by atoms with van der Waals surface area (Å²) < 4.78 is 34.9. The van der Waals surface area contributed by atoms with Gasteiger partial charge in [-0.3, -0.25) is 4.79 Å². The largest absolute Gasteiger partial charge is 0.487 e. The number of halogens is 2. The molecule has 33 heavy (non-hydrogen) atoms. The SMILES string of the molecule is CCc1cnc(N2C[C@@H]3C(COc4c(F)cc(-c5ccc(C(N)=O)cc5)cc4F)[C@@H]3C2)nc1. The molecule has 1 aromatic heterocycles. The first-order chi connectivity index (χ1) is 15.9. The van der Waals surface area contributed by atoms with Gasteiger partial charge in [-0.05, 0) is 59.2 Å². The number of aromatic nitrogens is 2. The molecule has 1 amide bonds. The number of hydrogen-bond acceptors (Lipinski definition) is 5. The molecule has 1 aliphatic heterocycles. The van der Waals surface area contributed by atoms with Crippen molar-refractivity contribution < 1.29 is 18.3 Å². The molecule has 2 heterocycles. The van der Waals surface area contributed by atoms with E-state index in [1.165, 1.54) is 24.3 Å². The lowest BCUT2D eigenvalue weighted by Crippen LogP contribution is -2.27. The molecule has 0 radical (unpaired) electrons. The van der Waals surface area contributed by atoms with Crippen LogP contribution in [0.15, 0.2) is 48.8 Å². The van der Waals surface area contributed by atoms with Gasteiger partial charge in [0.25, 0.3) is 0 Å². The summed E-state index contributed by atoms with van der Waals surface area (Å²) in [5.41, 5.74) is 7.61. The second-order valence-electron chi connectivity index (χ2n) is 8.66. The second kappa shape index (κ2) is 8.42.